The SMILES string of the molecule is CC(=O)NC(COCCC=O)(COCCC(=O)NCCOCCO)COCCC(=O)NCCOCCO. The molecule has 14 heteroatoms. The molecule has 0 saturated carbocycles. The lowest BCUT2D eigenvalue weighted by molar-refractivity contribution is -0.128. The van der Waals surface area contributed by atoms with E-state index in [9.17, 15) is 19.2 Å². The fourth-order valence-electron chi connectivity index (χ4n) is 2.91. The van der Waals surface area contributed by atoms with Crippen molar-refractivity contribution in [3.05, 3.63) is 0 Å². The molecule has 0 saturated heterocycles. The van der Waals surface area contributed by atoms with E-state index in [1.165, 1.54) is 6.92 Å². The molecule has 0 aromatic heterocycles. The van der Waals surface area contributed by atoms with Gasteiger partial charge in [-0.15, -0.1) is 0 Å². The van der Waals surface area contributed by atoms with Crippen molar-refractivity contribution < 1.29 is 53.1 Å². The van der Waals surface area contributed by atoms with Gasteiger partial charge in [-0.05, 0) is 0 Å². The second-order valence-corrected chi connectivity index (χ2v) is 7.95. The van der Waals surface area contributed by atoms with Crippen LogP contribution in [0, 0.1) is 0 Å². The molecular weight excluding hydrogens is 494 g/mol. The average Bonchev–Trinajstić information content (AvgIpc) is 2.86. The summed E-state index contributed by atoms with van der Waals surface area (Å²) in [7, 11) is 0. The van der Waals surface area contributed by atoms with Crippen molar-refractivity contribution in [1.29, 1.82) is 0 Å². The van der Waals surface area contributed by atoms with Gasteiger partial charge in [0.1, 0.15) is 11.8 Å². The number of rotatable bonds is 26. The van der Waals surface area contributed by atoms with Crippen LogP contribution in [0.25, 0.3) is 0 Å². The summed E-state index contributed by atoms with van der Waals surface area (Å²) in [4.78, 5) is 46.3. The van der Waals surface area contributed by atoms with Gasteiger partial charge >= 0.3 is 0 Å². The highest BCUT2D eigenvalue weighted by atomic mass is 16.5. The first kappa shape index (κ1) is 34.8. The molecule has 37 heavy (non-hydrogen) atoms. The van der Waals surface area contributed by atoms with Crippen molar-refractivity contribution in [3.8, 4) is 0 Å². The van der Waals surface area contributed by atoms with E-state index in [4.69, 9.17) is 33.9 Å². The zero-order chi connectivity index (χ0) is 27.6. The van der Waals surface area contributed by atoms with Gasteiger partial charge < -0.3 is 54.6 Å². The van der Waals surface area contributed by atoms with E-state index >= 15 is 0 Å². The molecular formula is C23H43N3O11. The summed E-state index contributed by atoms with van der Waals surface area (Å²) in [5, 5.41) is 25.4. The molecule has 0 aliphatic heterocycles. The quantitative estimate of drug-likeness (QED) is 0.0580. The second kappa shape index (κ2) is 24.2. The smallest absolute Gasteiger partial charge is 0.222 e. The van der Waals surface area contributed by atoms with E-state index < -0.39 is 5.54 Å². The van der Waals surface area contributed by atoms with Crippen LogP contribution in [-0.4, -0.2) is 132 Å². The van der Waals surface area contributed by atoms with Crippen LogP contribution in [0.3, 0.4) is 0 Å². The third-order valence-electron chi connectivity index (χ3n) is 4.51. The highest BCUT2D eigenvalue weighted by molar-refractivity contribution is 5.76. The van der Waals surface area contributed by atoms with Gasteiger partial charge in [0.15, 0.2) is 0 Å². The fraction of sp³-hybridized carbons (Fsp3) is 0.826. The first-order valence-corrected chi connectivity index (χ1v) is 12.3. The zero-order valence-corrected chi connectivity index (χ0v) is 21.7. The van der Waals surface area contributed by atoms with Gasteiger partial charge in [-0.1, -0.05) is 0 Å². The molecule has 0 aromatic rings. The van der Waals surface area contributed by atoms with Gasteiger partial charge in [0.25, 0.3) is 0 Å². The minimum atomic E-state index is -1.10. The van der Waals surface area contributed by atoms with Crippen molar-refractivity contribution in [2.45, 2.75) is 31.7 Å². The molecule has 0 radical (unpaired) electrons. The summed E-state index contributed by atoms with van der Waals surface area (Å²) >= 11 is 0. The number of carbonyl (C=O) groups excluding carboxylic acids is 4. The topological polar surface area (TPSA) is 191 Å². The lowest BCUT2D eigenvalue weighted by Gasteiger charge is -2.33. The first-order valence-electron chi connectivity index (χ1n) is 12.3. The molecule has 5 N–H and O–H groups in total. The highest BCUT2D eigenvalue weighted by Gasteiger charge is 2.33. The van der Waals surface area contributed by atoms with Gasteiger partial charge in [-0.3, -0.25) is 14.4 Å². The maximum Gasteiger partial charge on any atom is 0.222 e. The van der Waals surface area contributed by atoms with Crippen LogP contribution >= 0.6 is 0 Å². The predicted octanol–water partition coefficient (Wildman–Crippen LogP) is -2.47. The molecule has 216 valence electrons. The lowest BCUT2D eigenvalue weighted by atomic mass is 10.0. The molecule has 0 rings (SSSR count). The Bertz CT molecular complexity index is 589. The van der Waals surface area contributed by atoms with Crippen molar-refractivity contribution >= 4 is 24.0 Å². The van der Waals surface area contributed by atoms with Crippen LogP contribution in [0.15, 0.2) is 0 Å². The number of amides is 3. The van der Waals surface area contributed by atoms with Crippen LogP contribution in [0.1, 0.15) is 26.2 Å². The molecule has 0 aliphatic rings. The number of carbonyl (C=O) groups is 4. The van der Waals surface area contributed by atoms with E-state index in [0.717, 1.165) is 0 Å². The van der Waals surface area contributed by atoms with Gasteiger partial charge in [0.05, 0.1) is 79.3 Å². The molecule has 14 nitrogen and oxygen atoms in total. The van der Waals surface area contributed by atoms with Crippen molar-refractivity contribution in [2.75, 3.05) is 92.4 Å². The molecule has 0 heterocycles. The van der Waals surface area contributed by atoms with Crippen LogP contribution in [0.4, 0.5) is 0 Å². The Balaban J connectivity index is 4.65. The standard InChI is InChI=1S/C23H43N3O11/c1-20(30)26-23(17-35-10-2-7-27,18-36-11-3-21(31)24-5-13-33-15-8-28)19-37-12-4-22(32)25-6-14-34-16-9-29/h7,28-29H,2-6,8-19H2,1H3,(H,24,31)(H,25,32)(H,26,30). The third kappa shape index (κ3) is 21.6. The molecule has 0 fully saturated rings. The Morgan fingerprint density at radius 2 is 1.16 bits per heavy atom. The molecule has 0 bridgehead atoms. The Hall–Kier alpha value is -2.20. The Labute approximate surface area is 217 Å². The van der Waals surface area contributed by atoms with Gasteiger partial charge in [-0.25, -0.2) is 0 Å². The largest absolute Gasteiger partial charge is 0.394 e. The number of aliphatic hydroxyl groups excluding tert-OH is 2. The minimum absolute atomic E-state index is 0.0107. The summed E-state index contributed by atoms with van der Waals surface area (Å²) in [6.45, 7) is 2.93. The van der Waals surface area contributed by atoms with E-state index in [0.29, 0.717) is 19.4 Å². The maximum absolute atomic E-state index is 11.9. The fourth-order valence-corrected chi connectivity index (χ4v) is 2.91. The molecule has 0 atom stereocenters. The monoisotopic (exact) mass is 537 g/mol. The number of aliphatic hydroxyl groups is 2. The molecule has 0 spiro atoms. The average molecular weight is 538 g/mol. The summed E-state index contributed by atoms with van der Waals surface area (Å²) < 4.78 is 27.0. The highest BCUT2D eigenvalue weighted by Crippen LogP contribution is 2.10. The van der Waals surface area contributed by atoms with Crippen LogP contribution in [0.5, 0.6) is 0 Å². The van der Waals surface area contributed by atoms with Crippen LogP contribution in [-0.2, 0) is 42.9 Å². The number of ether oxygens (including phenoxy) is 5. The summed E-state index contributed by atoms with van der Waals surface area (Å²) in [6, 6.07) is 0. The minimum Gasteiger partial charge on any atom is -0.394 e. The molecule has 0 unspecified atom stereocenters. The maximum atomic E-state index is 11.9. The van der Waals surface area contributed by atoms with Crippen molar-refractivity contribution in [1.82, 2.24) is 16.0 Å². The predicted molar refractivity (Wildman–Crippen MR) is 131 cm³/mol. The van der Waals surface area contributed by atoms with E-state index in [1.54, 1.807) is 0 Å². The molecule has 3 amide bonds. The van der Waals surface area contributed by atoms with Crippen LogP contribution in [0.2, 0.25) is 0 Å². The van der Waals surface area contributed by atoms with Crippen LogP contribution < -0.4 is 16.0 Å². The van der Waals surface area contributed by atoms with E-state index in [-0.39, 0.29) is 116 Å². The summed E-state index contributed by atoms with van der Waals surface area (Å²) in [5.41, 5.74) is -1.10. The summed E-state index contributed by atoms with van der Waals surface area (Å²) in [5.74, 6) is -0.847. The second-order valence-electron chi connectivity index (χ2n) is 7.95. The van der Waals surface area contributed by atoms with Gasteiger partial charge in [0, 0.05) is 39.3 Å². The number of nitrogens with one attached hydrogen (secondary N) is 3. The lowest BCUT2D eigenvalue weighted by Crippen LogP contribution is -2.58. The first-order chi connectivity index (χ1) is 17.9. The van der Waals surface area contributed by atoms with E-state index in [1.807, 2.05) is 0 Å². The van der Waals surface area contributed by atoms with Gasteiger partial charge in [-0.2, -0.15) is 0 Å². The van der Waals surface area contributed by atoms with E-state index in [2.05, 4.69) is 16.0 Å². The number of aldehydes is 1. The van der Waals surface area contributed by atoms with Gasteiger partial charge in [0.2, 0.25) is 17.7 Å². The molecule has 0 aliphatic carbocycles. The zero-order valence-electron chi connectivity index (χ0n) is 21.7. The Morgan fingerprint density at radius 3 is 1.57 bits per heavy atom. The van der Waals surface area contributed by atoms with Crippen molar-refractivity contribution in [2.24, 2.45) is 0 Å². The normalized spacial score (nSPS) is 11.2. The third-order valence-corrected chi connectivity index (χ3v) is 4.51. The summed E-state index contributed by atoms with van der Waals surface area (Å²) in [6.07, 6.45) is 1.05. The molecule has 0 aromatic carbocycles. The Kier molecular flexibility index (Phi) is 22.7. The number of hydrogen-bond acceptors (Lipinski definition) is 11. The Morgan fingerprint density at radius 1 is 0.703 bits per heavy atom. The number of hydrogen-bond donors (Lipinski definition) is 5. The van der Waals surface area contributed by atoms with Crippen molar-refractivity contribution in [3.63, 3.8) is 0 Å².